The molecular weight excluding hydrogens is 388 g/mol. The number of hydrogen-bond acceptors (Lipinski definition) is 6. The van der Waals surface area contributed by atoms with Crippen molar-refractivity contribution in [2.75, 3.05) is 25.4 Å². The molecular formula is C17H22N4O4S2. The van der Waals surface area contributed by atoms with E-state index in [1.807, 2.05) is 0 Å². The minimum Gasteiger partial charge on any atom is -0.356 e. The fourth-order valence-electron chi connectivity index (χ4n) is 2.23. The van der Waals surface area contributed by atoms with Gasteiger partial charge in [0.2, 0.25) is 5.91 Å². The number of nitrogens with one attached hydrogen (secondary N) is 2. The van der Waals surface area contributed by atoms with Crippen molar-refractivity contribution in [2.45, 2.75) is 25.2 Å². The Morgan fingerprint density at radius 2 is 1.81 bits per heavy atom. The van der Waals surface area contributed by atoms with E-state index in [-0.39, 0.29) is 21.8 Å². The number of nitrogens with zero attached hydrogens (tertiary/aromatic N) is 2. The zero-order valence-corrected chi connectivity index (χ0v) is 17.2. The largest absolute Gasteiger partial charge is 0.356 e. The average Bonchev–Trinajstić information content (AvgIpc) is 2.93. The Morgan fingerprint density at radius 1 is 1.19 bits per heavy atom. The topological polar surface area (TPSA) is 108 Å². The fraction of sp³-hybridized carbons (Fsp3) is 0.353. The first-order chi connectivity index (χ1) is 12.6. The molecule has 0 atom stereocenters. The Kier molecular flexibility index (Phi) is 6.55. The molecule has 27 heavy (non-hydrogen) atoms. The molecule has 0 fully saturated rings. The fourth-order valence-corrected chi connectivity index (χ4v) is 4.46. The first-order valence-electron chi connectivity index (χ1n) is 8.15. The summed E-state index contributed by atoms with van der Waals surface area (Å²) in [5.41, 5.74) is 1.39. The average molecular weight is 411 g/mol. The van der Waals surface area contributed by atoms with Gasteiger partial charge in [-0.3, -0.25) is 14.3 Å². The van der Waals surface area contributed by atoms with Gasteiger partial charge < -0.3 is 10.2 Å². The smallest absolute Gasteiger partial charge is 0.265 e. The van der Waals surface area contributed by atoms with Crippen molar-refractivity contribution >= 4 is 38.3 Å². The van der Waals surface area contributed by atoms with Crippen LogP contribution in [0.25, 0.3) is 0 Å². The predicted molar refractivity (Wildman–Crippen MR) is 105 cm³/mol. The number of benzene rings is 1. The van der Waals surface area contributed by atoms with Crippen LogP contribution in [-0.2, 0) is 21.2 Å². The minimum absolute atomic E-state index is 0.0964. The standard InChI is InChI=1S/C17H22N4O4S2/c1-11-15(16(23)21(3)4)26-17(19-11)20-27(24,25)14-7-5-13(6-8-14)9-10-18-12(2)22/h5-8H,9-10H2,1-4H3,(H,18,22)(H,19,20). The number of carbonyl (C=O) groups excluding carboxylic acids is 2. The van der Waals surface area contributed by atoms with Crippen molar-refractivity contribution in [3.63, 3.8) is 0 Å². The lowest BCUT2D eigenvalue weighted by molar-refractivity contribution is -0.118. The molecule has 0 aliphatic carbocycles. The first kappa shape index (κ1) is 20.8. The number of amides is 2. The molecule has 2 aromatic rings. The van der Waals surface area contributed by atoms with E-state index in [2.05, 4.69) is 15.0 Å². The van der Waals surface area contributed by atoms with Gasteiger partial charge in [0.1, 0.15) is 4.88 Å². The van der Waals surface area contributed by atoms with Crippen LogP contribution >= 0.6 is 11.3 Å². The third-order valence-corrected chi connectivity index (χ3v) is 6.18. The van der Waals surface area contributed by atoms with Crippen LogP contribution < -0.4 is 10.0 Å². The molecule has 0 aliphatic heterocycles. The number of hydrogen-bond donors (Lipinski definition) is 2. The summed E-state index contributed by atoms with van der Waals surface area (Å²) in [6.45, 7) is 3.59. The van der Waals surface area contributed by atoms with Gasteiger partial charge in [0.15, 0.2) is 5.13 Å². The van der Waals surface area contributed by atoms with Gasteiger partial charge in [-0.25, -0.2) is 13.4 Å². The normalized spacial score (nSPS) is 11.1. The van der Waals surface area contributed by atoms with Crippen molar-refractivity contribution < 1.29 is 18.0 Å². The molecule has 0 saturated heterocycles. The SMILES string of the molecule is CC(=O)NCCc1ccc(S(=O)(=O)Nc2nc(C)c(C(=O)N(C)C)s2)cc1. The summed E-state index contributed by atoms with van der Waals surface area (Å²) in [4.78, 5) is 29.0. The van der Waals surface area contributed by atoms with Crippen LogP contribution in [0.1, 0.15) is 27.9 Å². The van der Waals surface area contributed by atoms with Crippen LogP contribution in [0.15, 0.2) is 29.2 Å². The van der Waals surface area contributed by atoms with Gasteiger partial charge in [-0.2, -0.15) is 0 Å². The Bertz CT molecular complexity index is 934. The second kappa shape index (κ2) is 8.49. The first-order valence-corrected chi connectivity index (χ1v) is 10.5. The van der Waals surface area contributed by atoms with Crippen LogP contribution in [0.2, 0.25) is 0 Å². The molecule has 1 aromatic carbocycles. The van der Waals surface area contributed by atoms with Gasteiger partial charge in [-0.1, -0.05) is 23.5 Å². The summed E-state index contributed by atoms with van der Waals surface area (Å²) in [6, 6.07) is 6.39. The van der Waals surface area contributed by atoms with Gasteiger partial charge in [0.25, 0.3) is 15.9 Å². The van der Waals surface area contributed by atoms with Crippen LogP contribution in [0.4, 0.5) is 5.13 Å². The molecule has 8 nitrogen and oxygen atoms in total. The van der Waals surface area contributed by atoms with Crippen molar-refractivity contribution in [2.24, 2.45) is 0 Å². The highest BCUT2D eigenvalue weighted by atomic mass is 32.2. The molecule has 2 N–H and O–H groups in total. The Labute approximate surface area is 162 Å². The lowest BCUT2D eigenvalue weighted by Crippen LogP contribution is -2.22. The van der Waals surface area contributed by atoms with E-state index in [1.165, 1.54) is 24.0 Å². The van der Waals surface area contributed by atoms with E-state index in [9.17, 15) is 18.0 Å². The maximum Gasteiger partial charge on any atom is 0.265 e. The maximum atomic E-state index is 12.5. The van der Waals surface area contributed by atoms with Crippen LogP contribution in [0, 0.1) is 6.92 Å². The van der Waals surface area contributed by atoms with Crippen molar-refractivity contribution in [3.05, 3.63) is 40.4 Å². The van der Waals surface area contributed by atoms with Gasteiger partial charge in [-0.15, -0.1) is 0 Å². The van der Waals surface area contributed by atoms with Crippen molar-refractivity contribution in [3.8, 4) is 0 Å². The Balaban J connectivity index is 2.11. The van der Waals surface area contributed by atoms with Gasteiger partial charge in [0, 0.05) is 27.6 Å². The van der Waals surface area contributed by atoms with E-state index in [4.69, 9.17) is 0 Å². The van der Waals surface area contributed by atoms with Gasteiger partial charge in [0.05, 0.1) is 10.6 Å². The molecule has 146 valence electrons. The lowest BCUT2D eigenvalue weighted by atomic mass is 10.1. The second-order valence-electron chi connectivity index (χ2n) is 6.12. The molecule has 0 spiro atoms. The van der Waals surface area contributed by atoms with E-state index in [0.29, 0.717) is 23.5 Å². The highest BCUT2D eigenvalue weighted by Crippen LogP contribution is 2.26. The summed E-state index contributed by atoms with van der Waals surface area (Å²) in [7, 11) is -0.562. The maximum absolute atomic E-state index is 12.5. The molecule has 2 rings (SSSR count). The molecule has 1 aromatic heterocycles. The molecule has 1 heterocycles. The zero-order valence-electron chi connectivity index (χ0n) is 15.6. The Hall–Kier alpha value is -2.46. The van der Waals surface area contributed by atoms with Crippen LogP contribution in [-0.4, -0.2) is 50.8 Å². The number of sulfonamides is 1. The van der Waals surface area contributed by atoms with Crippen LogP contribution in [0.5, 0.6) is 0 Å². The number of rotatable bonds is 7. The summed E-state index contributed by atoms with van der Waals surface area (Å²) in [6.07, 6.45) is 0.606. The number of anilines is 1. The molecule has 0 radical (unpaired) electrons. The summed E-state index contributed by atoms with van der Waals surface area (Å²) in [5.74, 6) is -0.330. The summed E-state index contributed by atoms with van der Waals surface area (Å²) < 4.78 is 27.5. The second-order valence-corrected chi connectivity index (χ2v) is 8.80. The molecule has 2 amide bonds. The summed E-state index contributed by atoms with van der Waals surface area (Å²) in [5, 5.41) is 2.83. The lowest BCUT2D eigenvalue weighted by Gasteiger charge is -2.08. The third kappa shape index (κ3) is 5.51. The van der Waals surface area contributed by atoms with E-state index in [1.54, 1.807) is 33.2 Å². The minimum atomic E-state index is -3.81. The highest BCUT2D eigenvalue weighted by Gasteiger charge is 2.21. The molecule has 0 saturated carbocycles. The number of carbonyl (C=O) groups is 2. The monoisotopic (exact) mass is 410 g/mol. The summed E-state index contributed by atoms with van der Waals surface area (Å²) >= 11 is 1.00. The number of thiazole rings is 1. The molecule has 0 aliphatic rings. The Morgan fingerprint density at radius 3 is 2.37 bits per heavy atom. The van der Waals surface area contributed by atoms with Gasteiger partial charge >= 0.3 is 0 Å². The number of aryl methyl sites for hydroxylation is 1. The van der Waals surface area contributed by atoms with Gasteiger partial charge in [-0.05, 0) is 31.0 Å². The molecule has 10 heteroatoms. The van der Waals surface area contributed by atoms with Crippen LogP contribution in [0.3, 0.4) is 0 Å². The predicted octanol–water partition coefficient (Wildman–Crippen LogP) is 1.63. The van der Waals surface area contributed by atoms with Crippen molar-refractivity contribution in [1.29, 1.82) is 0 Å². The van der Waals surface area contributed by atoms with E-state index < -0.39 is 10.0 Å². The van der Waals surface area contributed by atoms with Crippen molar-refractivity contribution in [1.82, 2.24) is 15.2 Å². The molecule has 0 unspecified atom stereocenters. The number of aromatic nitrogens is 1. The highest BCUT2D eigenvalue weighted by molar-refractivity contribution is 7.93. The zero-order chi connectivity index (χ0) is 20.2. The van der Waals surface area contributed by atoms with E-state index in [0.717, 1.165) is 16.9 Å². The van der Waals surface area contributed by atoms with E-state index >= 15 is 0 Å². The third-order valence-electron chi connectivity index (χ3n) is 3.64. The quantitative estimate of drug-likeness (QED) is 0.721. The molecule has 0 bridgehead atoms.